The van der Waals surface area contributed by atoms with Crippen molar-refractivity contribution >= 4 is 6.09 Å². The number of ether oxygens (including phenoxy) is 2. The van der Waals surface area contributed by atoms with Crippen LogP contribution in [-0.4, -0.2) is 25.4 Å². The van der Waals surface area contributed by atoms with Gasteiger partial charge in [-0.05, 0) is 12.8 Å². The van der Waals surface area contributed by atoms with Gasteiger partial charge >= 0.3 is 6.09 Å². The molecule has 0 aromatic rings. The molecule has 0 spiro atoms. The molecule has 1 rings (SSSR count). The maximum atomic E-state index is 10.3. The molecule has 58 valence electrons. The highest BCUT2D eigenvalue weighted by Gasteiger charge is 2.46. The standard InChI is InChI=1S/C6H11NO3/c1-9-4-6(2-3-6)10-5(7)8/h2-4H2,1H3,(H2,7,8). The van der Waals surface area contributed by atoms with Crippen molar-refractivity contribution in [1.82, 2.24) is 0 Å². The van der Waals surface area contributed by atoms with Crippen LogP contribution in [0.25, 0.3) is 0 Å². The summed E-state index contributed by atoms with van der Waals surface area (Å²) < 4.78 is 9.64. The first-order valence-electron chi connectivity index (χ1n) is 3.16. The van der Waals surface area contributed by atoms with Gasteiger partial charge in [0.25, 0.3) is 0 Å². The first-order valence-corrected chi connectivity index (χ1v) is 3.16. The molecule has 10 heavy (non-hydrogen) atoms. The number of hydrogen-bond donors (Lipinski definition) is 1. The fourth-order valence-corrected chi connectivity index (χ4v) is 0.892. The van der Waals surface area contributed by atoms with Gasteiger partial charge in [-0.25, -0.2) is 4.79 Å². The Balaban J connectivity index is 2.30. The predicted octanol–water partition coefficient (Wildman–Crippen LogP) is 0.261. The van der Waals surface area contributed by atoms with Gasteiger partial charge in [-0.3, -0.25) is 0 Å². The van der Waals surface area contributed by atoms with Crippen LogP contribution in [0.4, 0.5) is 4.79 Å². The molecule has 0 radical (unpaired) electrons. The molecule has 0 aromatic heterocycles. The average molecular weight is 145 g/mol. The number of carbonyl (C=O) groups is 1. The largest absolute Gasteiger partial charge is 0.441 e. The lowest BCUT2D eigenvalue weighted by atomic mass is 10.4. The third kappa shape index (κ3) is 1.60. The number of carbonyl (C=O) groups excluding carboxylic acids is 1. The molecule has 0 bridgehead atoms. The molecule has 1 fully saturated rings. The number of amides is 1. The fourth-order valence-electron chi connectivity index (χ4n) is 0.892. The van der Waals surface area contributed by atoms with Crippen LogP contribution in [0.3, 0.4) is 0 Å². The molecule has 0 atom stereocenters. The quantitative estimate of drug-likeness (QED) is 0.619. The van der Waals surface area contributed by atoms with Crippen LogP contribution in [0, 0.1) is 0 Å². The van der Waals surface area contributed by atoms with Crippen molar-refractivity contribution in [2.75, 3.05) is 13.7 Å². The monoisotopic (exact) mass is 145 g/mol. The summed E-state index contributed by atoms with van der Waals surface area (Å²) in [7, 11) is 1.57. The van der Waals surface area contributed by atoms with E-state index in [1.54, 1.807) is 7.11 Å². The summed E-state index contributed by atoms with van der Waals surface area (Å²) >= 11 is 0. The van der Waals surface area contributed by atoms with E-state index >= 15 is 0 Å². The smallest absolute Gasteiger partial charge is 0.405 e. The topological polar surface area (TPSA) is 61.6 Å². The first kappa shape index (κ1) is 7.34. The Hall–Kier alpha value is -0.770. The van der Waals surface area contributed by atoms with E-state index in [4.69, 9.17) is 15.2 Å². The van der Waals surface area contributed by atoms with Crippen LogP contribution in [0.2, 0.25) is 0 Å². The second-order valence-corrected chi connectivity index (χ2v) is 2.54. The van der Waals surface area contributed by atoms with Crippen LogP contribution < -0.4 is 5.73 Å². The van der Waals surface area contributed by atoms with Gasteiger partial charge in [0, 0.05) is 7.11 Å². The Labute approximate surface area is 59.3 Å². The highest BCUT2D eigenvalue weighted by Crippen LogP contribution is 2.39. The second kappa shape index (κ2) is 2.46. The molecule has 1 aliphatic carbocycles. The number of hydrogen-bond acceptors (Lipinski definition) is 3. The van der Waals surface area contributed by atoms with Gasteiger partial charge in [0.15, 0.2) is 0 Å². The van der Waals surface area contributed by atoms with E-state index in [2.05, 4.69) is 0 Å². The van der Waals surface area contributed by atoms with Gasteiger partial charge in [-0.15, -0.1) is 0 Å². The lowest BCUT2D eigenvalue weighted by molar-refractivity contribution is 0.0276. The molecule has 1 amide bonds. The van der Waals surface area contributed by atoms with Crippen LogP contribution in [0.15, 0.2) is 0 Å². The molecule has 0 aromatic carbocycles. The van der Waals surface area contributed by atoms with E-state index in [1.165, 1.54) is 0 Å². The van der Waals surface area contributed by atoms with Crippen LogP contribution in [0.1, 0.15) is 12.8 Å². The van der Waals surface area contributed by atoms with E-state index in [1.807, 2.05) is 0 Å². The van der Waals surface area contributed by atoms with Gasteiger partial charge < -0.3 is 15.2 Å². The summed E-state index contributed by atoms with van der Waals surface area (Å²) in [5, 5.41) is 0. The van der Waals surface area contributed by atoms with Crippen LogP contribution >= 0.6 is 0 Å². The zero-order chi connectivity index (χ0) is 7.61. The van der Waals surface area contributed by atoms with E-state index < -0.39 is 6.09 Å². The van der Waals surface area contributed by atoms with Crippen molar-refractivity contribution in [3.8, 4) is 0 Å². The highest BCUT2D eigenvalue weighted by atomic mass is 16.6. The Kier molecular flexibility index (Phi) is 1.80. The lowest BCUT2D eigenvalue weighted by Gasteiger charge is -2.12. The van der Waals surface area contributed by atoms with Gasteiger partial charge in [-0.1, -0.05) is 0 Å². The van der Waals surface area contributed by atoms with Crippen LogP contribution in [0.5, 0.6) is 0 Å². The predicted molar refractivity (Wildman–Crippen MR) is 34.5 cm³/mol. The van der Waals surface area contributed by atoms with Crippen molar-refractivity contribution < 1.29 is 14.3 Å². The summed E-state index contributed by atoms with van der Waals surface area (Å²) in [5.41, 5.74) is 4.46. The zero-order valence-electron chi connectivity index (χ0n) is 5.92. The normalized spacial score (nSPS) is 20.1. The van der Waals surface area contributed by atoms with Crippen molar-refractivity contribution in [3.63, 3.8) is 0 Å². The molecule has 0 aliphatic heterocycles. The lowest BCUT2D eigenvalue weighted by Crippen LogP contribution is -2.27. The summed E-state index contributed by atoms with van der Waals surface area (Å²) in [5.74, 6) is 0. The molecule has 2 N–H and O–H groups in total. The molecule has 1 saturated carbocycles. The van der Waals surface area contributed by atoms with E-state index in [-0.39, 0.29) is 5.60 Å². The van der Waals surface area contributed by atoms with E-state index in [9.17, 15) is 4.79 Å². The van der Waals surface area contributed by atoms with E-state index in [0.29, 0.717) is 6.61 Å². The van der Waals surface area contributed by atoms with E-state index in [0.717, 1.165) is 12.8 Å². The number of primary amides is 1. The van der Waals surface area contributed by atoms with Crippen molar-refractivity contribution in [2.45, 2.75) is 18.4 Å². The van der Waals surface area contributed by atoms with Crippen molar-refractivity contribution in [1.29, 1.82) is 0 Å². The Morgan fingerprint density at radius 3 is 2.60 bits per heavy atom. The minimum Gasteiger partial charge on any atom is -0.441 e. The molecular formula is C6H11NO3. The van der Waals surface area contributed by atoms with Gasteiger partial charge in [0.05, 0.1) is 6.61 Å². The summed E-state index contributed by atoms with van der Waals surface area (Å²) in [4.78, 5) is 10.3. The molecular weight excluding hydrogens is 134 g/mol. The maximum absolute atomic E-state index is 10.3. The third-order valence-corrected chi connectivity index (χ3v) is 1.53. The molecule has 1 aliphatic rings. The zero-order valence-corrected chi connectivity index (χ0v) is 5.92. The SMILES string of the molecule is COCC1(OC(N)=O)CC1. The molecule has 0 heterocycles. The Bertz CT molecular complexity index is 142. The van der Waals surface area contributed by atoms with Gasteiger partial charge in [0.1, 0.15) is 5.60 Å². The second-order valence-electron chi connectivity index (χ2n) is 2.54. The fraction of sp³-hybridized carbons (Fsp3) is 0.833. The Morgan fingerprint density at radius 2 is 2.30 bits per heavy atom. The van der Waals surface area contributed by atoms with Gasteiger partial charge in [-0.2, -0.15) is 0 Å². The summed E-state index contributed by atoms with van der Waals surface area (Å²) in [6.45, 7) is 0.454. The average Bonchev–Trinajstić information content (AvgIpc) is 2.47. The highest BCUT2D eigenvalue weighted by molar-refractivity contribution is 5.65. The van der Waals surface area contributed by atoms with Gasteiger partial charge in [0.2, 0.25) is 0 Å². The van der Waals surface area contributed by atoms with Crippen molar-refractivity contribution in [3.05, 3.63) is 0 Å². The first-order chi connectivity index (χ1) is 4.68. The summed E-state index contributed by atoms with van der Waals surface area (Å²) in [6, 6.07) is 0. The number of methoxy groups -OCH3 is 1. The van der Waals surface area contributed by atoms with Crippen LogP contribution in [-0.2, 0) is 9.47 Å². The molecule has 0 saturated heterocycles. The molecule has 4 heteroatoms. The van der Waals surface area contributed by atoms with Crippen molar-refractivity contribution in [2.24, 2.45) is 5.73 Å². The molecule has 4 nitrogen and oxygen atoms in total. The third-order valence-electron chi connectivity index (χ3n) is 1.53. The number of nitrogens with two attached hydrogens (primary N) is 1. The maximum Gasteiger partial charge on any atom is 0.405 e. The number of rotatable bonds is 3. The minimum atomic E-state index is -0.713. The molecule has 0 unspecified atom stereocenters. The summed E-state index contributed by atoms with van der Waals surface area (Å²) in [6.07, 6.45) is 1.02. The minimum absolute atomic E-state index is 0.374. The Morgan fingerprint density at radius 1 is 1.70 bits per heavy atom.